The fraction of sp³-hybridized carbons (Fsp3) is 0.190. The van der Waals surface area contributed by atoms with Gasteiger partial charge in [0.25, 0.3) is 0 Å². The molecule has 0 N–H and O–H groups in total. The number of anilines is 1. The van der Waals surface area contributed by atoms with E-state index in [2.05, 4.69) is 6.07 Å². The van der Waals surface area contributed by atoms with E-state index in [1.165, 1.54) is 0 Å². The zero-order valence-corrected chi connectivity index (χ0v) is 16.8. The van der Waals surface area contributed by atoms with Crippen molar-refractivity contribution in [2.24, 2.45) is 0 Å². The molecule has 0 fully saturated rings. The van der Waals surface area contributed by atoms with Crippen molar-refractivity contribution in [3.8, 4) is 6.07 Å². The van der Waals surface area contributed by atoms with Crippen molar-refractivity contribution in [2.75, 3.05) is 4.90 Å². The van der Waals surface area contributed by atoms with Crippen LogP contribution in [-0.2, 0) is 17.9 Å². The molecule has 0 aliphatic rings. The van der Waals surface area contributed by atoms with Gasteiger partial charge in [0.05, 0.1) is 17.8 Å². The van der Waals surface area contributed by atoms with Crippen LogP contribution >= 0.6 is 22.9 Å². The highest BCUT2D eigenvalue weighted by molar-refractivity contribution is 7.07. The van der Waals surface area contributed by atoms with E-state index in [-0.39, 0.29) is 17.2 Å². The topological polar surface area (TPSA) is 66.1 Å². The molecule has 1 heterocycles. The maximum atomic E-state index is 13.1. The molecule has 0 radical (unpaired) electrons. The van der Waals surface area contributed by atoms with Gasteiger partial charge < -0.3 is 9.47 Å². The maximum Gasteiger partial charge on any atom is 0.307 e. The number of carbonyl (C=O) groups excluding carboxylic acids is 1. The third-order valence-electron chi connectivity index (χ3n) is 4.38. The Morgan fingerprint density at radius 1 is 1.25 bits per heavy atom. The summed E-state index contributed by atoms with van der Waals surface area (Å²) in [6, 6.07) is 16.5. The molecule has 7 heteroatoms. The van der Waals surface area contributed by atoms with Crippen LogP contribution in [-0.4, -0.2) is 10.5 Å². The van der Waals surface area contributed by atoms with Crippen LogP contribution in [0, 0.1) is 18.3 Å². The van der Waals surface area contributed by atoms with Gasteiger partial charge in [0.1, 0.15) is 6.07 Å². The fourth-order valence-corrected chi connectivity index (χ4v) is 3.84. The van der Waals surface area contributed by atoms with E-state index in [1.54, 1.807) is 33.0 Å². The molecule has 142 valence electrons. The summed E-state index contributed by atoms with van der Waals surface area (Å²) in [7, 11) is 0. The summed E-state index contributed by atoms with van der Waals surface area (Å²) in [5, 5.41) is 11.7. The Morgan fingerprint density at radius 2 is 2.00 bits per heavy atom. The van der Waals surface area contributed by atoms with Crippen molar-refractivity contribution >= 4 is 34.5 Å². The SMILES string of the molecule is Cc1csc(=O)n1CCC(=O)N(Cc1ccccc1)c1cc(Cl)ccc1C#N. The lowest BCUT2D eigenvalue weighted by atomic mass is 10.1. The van der Waals surface area contributed by atoms with Crippen LogP contribution in [0.3, 0.4) is 0 Å². The Labute approximate surface area is 172 Å². The molecule has 0 unspecified atom stereocenters. The van der Waals surface area contributed by atoms with E-state index in [4.69, 9.17) is 11.6 Å². The molecule has 0 spiro atoms. The molecule has 3 rings (SSSR count). The predicted molar refractivity (Wildman–Crippen MR) is 112 cm³/mol. The number of nitrogens with zero attached hydrogens (tertiary/aromatic N) is 3. The number of hydrogen-bond acceptors (Lipinski definition) is 4. The van der Waals surface area contributed by atoms with Crippen molar-refractivity contribution in [2.45, 2.75) is 26.4 Å². The van der Waals surface area contributed by atoms with Crippen molar-refractivity contribution in [1.29, 1.82) is 5.26 Å². The average Bonchev–Trinajstić information content (AvgIpc) is 3.02. The second kappa shape index (κ2) is 8.87. The van der Waals surface area contributed by atoms with E-state index in [0.717, 1.165) is 22.6 Å². The second-order valence-electron chi connectivity index (χ2n) is 6.28. The standard InChI is InChI=1S/C21H18ClN3O2S/c1-15-14-28-21(27)24(15)10-9-20(26)25(13-16-5-3-2-4-6-16)19-11-18(22)8-7-17(19)12-23/h2-8,11,14H,9-10,13H2,1H3. The molecule has 0 saturated heterocycles. The van der Waals surface area contributed by atoms with Gasteiger partial charge in [-0.15, -0.1) is 0 Å². The number of nitriles is 1. The van der Waals surface area contributed by atoms with Crippen LogP contribution in [0.1, 0.15) is 23.2 Å². The van der Waals surface area contributed by atoms with Gasteiger partial charge >= 0.3 is 4.87 Å². The minimum Gasteiger partial charge on any atom is -0.307 e. The number of benzene rings is 2. The molecule has 0 aliphatic carbocycles. The number of rotatable bonds is 6. The second-order valence-corrected chi connectivity index (χ2v) is 7.54. The minimum atomic E-state index is -0.180. The number of amides is 1. The number of aromatic nitrogens is 1. The van der Waals surface area contributed by atoms with Gasteiger partial charge in [0.2, 0.25) is 5.91 Å². The van der Waals surface area contributed by atoms with E-state index >= 15 is 0 Å². The number of halogens is 1. The van der Waals surface area contributed by atoms with Crippen LogP contribution in [0.2, 0.25) is 5.02 Å². The fourth-order valence-electron chi connectivity index (χ4n) is 2.91. The lowest BCUT2D eigenvalue weighted by Crippen LogP contribution is -2.32. The smallest absolute Gasteiger partial charge is 0.307 e. The van der Waals surface area contributed by atoms with Gasteiger partial charge in [-0.2, -0.15) is 5.26 Å². The zero-order chi connectivity index (χ0) is 20.1. The van der Waals surface area contributed by atoms with Gasteiger partial charge in [-0.1, -0.05) is 53.3 Å². The first-order valence-electron chi connectivity index (χ1n) is 8.68. The minimum absolute atomic E-state index is 0.0830. The number of hydrogen-bond donors (Lipinski definition) is 0. The van der Waals surface area contributed by atoms with Gasteiger partial charge in [0.15, 0.2) is 0 Å². The summed E-state index contributed by atoms with van der Waals surface area (Å²) in [6.07, 6.45) is 0.141. The van der Waals surface area contributed by atoms with Crippen LogP contribution in [0.15, 0.2) is 58.7 Å². The summed E-state index contributed by atoms with van der Waals surface area (Å²) < 4.78 is 1.59. The Morgan fingerprint density at radius 3 is 2.64 bits per heavy atom. The third kappa shape index (κ3) is 4.50. The van der Waals surface area contributed by atoms with E-state index < -0.39 is 0 Å². The van der Waals surface area contributed by atoms with Crippen molar-refractivity contribution in [1.82, 2.24) is 4.57 Å². The first-order chi connectivity index (χ1) is 13.5. The number of thiazole rings is 1. The molecular weight excluding hydrogens is 394 g/mol. The first kappa shape index (κ1) is 19.9. The molecule has 0 aliphatic heterocycles. The number of aryl methyl sites for hydroxylation is 1. The molecule has 1 aromatic heterocycles. The largest absolute Gasteiger partial charge is 0.307 e. The Bertz CT molecular complexity index is 1080. The normalized spacial score (nSPS) is 10.5. The molecule has 5 nitrogen and oxygen atoms in total. The number of carbonyl (C=O) groups is 1. The summed E-state index contributed by atoms with van der Waals surface area (Å²) >= 11 is 7.25. The maximum absolute atomic E-state index is 13.1. The van der Waals surface area contributed by atoms with E-state index in [1.807, 2.05) is 37.3 Å². The van der Waals surface area contributed by atoms with Gasteiger partial charge in [-0.3, -0.25) is 9.59 Å². The first-order valence-corrected chi connectivity index (χ1v) is 9.94. The molecule has 3 aromatic rings. The molecular formula is C21H18ClN3O2S. The lowest BCUT2D eigenvalue weighted by Gasteiger charge is -2.24. The molecule has 1 amide bonds. The van der Waals surface area contributed by atoms with Crippen molar-refractivity contribution in [3.63, 3.8) is 0 Å². The molecule has 0 atom stereocenters. The van der Waals surface area contributed by atoms with Crippen molar-refractivity contribution in [3.05, 3.63) is 85.4 Å². The van der Waals surface area contributed by atoms with Gasteiger partial charge in [-0.25, -0.2) is 0 Å². The monoisotopic (exact) mass is 411 g/mol. The van der Waals surface area contributed by atoms with Crippen LogP contribution in [0.4, 0.5) is 5.69 Å². The highest BCUT2D eigenvalue weighted by Gasteiger charge is 2.20. The predicted octanol–water partition coefficient (Wildman–Crippen LogP) is 4.37. The molecule has 0 saturated carbocycles. The molecule has 0 bridgehead atoms. The van der Waals surface area contributed by atoms with E-state index in [0.29, 0.717) is 29.4 Å². The lowest BCUT2D eigenvalue weighted by molar-refractivity contribution is -0.119. The van der Waals surface area contributed by atoms with Crippen LogP contribution < -0.4 is 9.77 Å². The summed E-state index contributed by atoms with van der Waals surface area (Å²) in [5.41, 5.74) is 2.61. The highest BCUT2D eigenvalue weighted by Crippen LogP contribution is 2.27. The van der Waals surface area contributed by atoms with Crippen molar-refractivity contribution < 1.29 is 4.79 Å². The van der Waals surface area contributed by atoms with Gasteiger partial charge in [0, 0.05) is 29.1 Å². The van der Waals surface area contributed by atoms with E-state index in [9.17, 15) is 14.9 Å². The quantitative estimate of drug-likeness (QED) is 0.605. The Hall–Kier alpha value is -2.88. The Balaban J connectivity index is 1.92. The summed E-state index contributed by atoms with van der Waals surface area (Å²) in [6.45, 7) is 2.45. The molecule has 2 aromatic carbocycles. The van der Waals surface area contributed by atoms with Gasteiger partial charge in [-0.05, 0) is 30.7 Å². The highest BCUT2D eigenvalue weighted by atomic mass is 35.5. The zero-order valence-electron chi connectivity index (χ0n) is 15.3. The van der Waals surface area contributed by atoms with Crippen LogP contribution in [0.5, 0.6) is 0 Å². The van der Waals surface area contributed by atoms with Crippen LogP contribution in [0.25, 0.3) is 0 Å². The summed E-state index contributed by atoms with van der Waals surface area (Å²) in [4.78, 5) is 26.5. The Kier molecular flexibility index (Phi) is 6.30. The molecule has 28 heavy (non-hydrogen) atoms. The summed E-state index contributed by atoms with van der Waals surface area (Å²) in [5.74, 6) is -0.180. The average molecular weight is 412 g/mol. The third-order valence-corrected chi connectivity index (χ3v) is 5.50.